The average molecular weight is 376 g/mol. The van der Waals surface area contributed by atoms with Gasteiger partial charge in [0.1, 0.15) is 6.61 Å². The molecule has 0 spiro atoms. The smallest absolute Gasteiger partial charge is 0.407 e. The molecular weight excluding hydrogens is 352 g/mol. The molecule has 1 aromatic heterocycles. The Bertz CT molecular complexity index is 703. The van der Waals surface area contributed by atoms with Crippen molar-refractivity contribution in [1.29, 1.82) is 0 Å². The predicted molar refractivity (Wildman–Crippen MR) is 100 cm³/mol. The standard InChI is InChI=1S/C19H24N2O4S/c1-3-24-18(22)16-13-26-17(21-16)10-9-14(2)11-20-19(23)25-12-15-7-5-4-6-8-15/h4-8,13-14H,3,9-12H2,1-2H3,(H,20,23). The minimum absolute atomic E-state index is 0.261. The Morgan fingerprint density at radius 1 is 1.23 bits per heavy atom. The summed E-state index contributed by atoms with van der Waals surface area (Å²) in [7, 11) is 0. The van der Waals surface area contributed by atoms with Gasteiger partial charge in [-0.05, 0) is 31.2 Å². The van der Waals surface area contributed by atoms with E-state index >= 15 is 0 Å². The van der Waals surface area contributed by atoms with Gasteiger partial charge >= 0.3 is 12.1 Å². The highest BCUT2D eigenvalue weighted by atomic mass is 32.1. The van der Waals surface area contributed by atoms with Crippen molar-refractivity contribution in [2.24, 2.45) is 5.92 Å². The summed E-state index contributed by atoms with van der Waals surface area (Å²) in [6.45, 7) is 4.96. The molecule has 0 saturated carbocycles. The maximum atomic E-state index is 11.7. The third-order valence-corrected chi connectivity index (χ3v) is 4.60. The van der Waals surface area contributed by atoms with Crippen LogP contribution in [-0.4, -0.2) is 30.2 Å². The number of thiazole rings is 1. The molecule has 0 aliphatic rings. The van der Waals surface area contributed by atoms with Crippen molar-refractivity contribution in [1.82, 2.24) is 10.3 Å². The Morgan fingerprint density at radius 3 is 2.73 bits per heavy atom. The fourth-order valence-corrected chi connectivity index (χ4v) is 3.01. The van der Waals surface area contributed by atoms with Gasteiger partial charge in [0, 0.05) is 11.9 Å². The van der Waals surface area contributed by atoms with Crippen LogP contribution in [0, 0.1) is 5.92 Å². The molecule has 2 aromatic rings. The molecule has 7 heteroatoms. The Hall–Kier alpha value is -2.41. The molecule has 1 amide bonds. The van der Waals surface area contributed by atoms with Crippen molar-refractivity contribution in [3.05, 3.63) is 52.0 Å². The van der Waals surface area contributed by atoms with Crippen molar-refractivity contribution in [3.63, 3.8) is 0 Å². The SMILES string of the molecule is CCOC(=O)c1csc(CCC(C)CNC(=O)OCc2ccccc2)n1. The number of esters is 1. The summed E-state index contributed by atoms with van der Waals surface area (Å²) >= 11 is 1.45. The van der Waals surface area contributed by atoms with E-state index in [1.54, 1.807) is 12.3 Å². The topological polar surface area (TPSA) is 77.5 Å². The normalized spacial score (nSPS) is 11.6. The summed E-state index contributed by atoms with van der Waals surface area (Å²) in [6, 6.07) is 9.56. The summed E-state index contributed by atoms with van der Waals surface area (Å²) in [5.74, 6) is -0.111. The molecule has 6 nitrogen and oxygen atoms in total. The number of amides is 1. The van der Waals surface area contributed by atoms with E-state index in [9.17, 15) is 9.59 Å². The number of ether oxygens (including phenoxy) is 2. The molecule has 0 saturated heterocycles. The maximum Gasteiger partial charge on any atom is 0.407 e. The number of rotatable bonds is 9. The zero-order chi connectivity index (χ0) is 18.8. The third kappa shape index (κ3) is 6.84. The molecule has 1 N–H and O–H groups in total. The average Bonchev–Trinajstić information content (AvgIpc) is 3.13. The van der Waals surface area contributed by atoms with Crippen molar-refractivity contribution >= 4 is 23.4 Å². The van der Waals surface area contributed by atoms with Crippen LogP contribution < -0.4 is 5.32 Å². The largest absolute Gasteiger partial charge is 0.461 e. The van der Waals surface area contributed by atoms with Crippen molar-refractivity contribution in [2.75, 3.05) is 13.2 Å². The van der Waals surface area contributed by atoms with Gasteiger partial charge in [-0.2, -0.15) is 0 Å². The molecular formula is C19H24N2O4S. The summed E-state index contributed by atoms with van der Waals surface area (Å²) in [6.07, 6.45) is 1.19. The molecule has 1 unspecified atom stereocenters. The quantitative estimate of drug-likeness (QED) is 0.673. The first-order chi connectivity index (χ1) is 12.6. The van der Waals surface area contributed by atoms with E-state index in [0.29, 0.717) is 18.8 Å². The first kappa shape index (κ1) is 19.9. The zero-order valence-corrected chi connectivity index (χ0v) is 15.9. The molecule has 0 aliphatic carbocycles. The maximum absolute atomic E-state index is 11.7. The number of nitrogens with one attached hydrogen (secondary N) is 1. The monoisotopic (exact) mass is 376 g/mol. The minimum atomic E-state index is -0.417. The Morgan fingerprint density at radius 2 is 2.00 bits per heavy atom. The van der Waals surface area contributed by atoms with Crippen LogP contribution in [0.3, 0.4) is 0 Å². The van der Waals surface area contributed by atoms with Gasteiger partial charge in [0.25, 0.3) is 0 Å². The number of hydrogen-bond donors (Lipinski definition) is 1. The van der Waals surface area contributed by atoms with Gasteiger partial charge in [-0.3, -0.25) is 0 Å². The zero-order valence-electron chi connectivity index (χ0n) is 15.1. The van der Waals surface area contributed by atoms with Gasteiger partial charge in [-0.15, -0.1) is 11.3 Å². The highest BCUT2D eigenvalue weighted by Crippen LogP contribution is 2.15. The molecule has 140 valence electrons. The van der Waals surface area contributed by atoms with Crippen LogP contribution >= 0.6 is 11.3 Å². The van der Waals surface area contributed by atoms with E-state index in [-0.39, 0.29) is 18.5 Å². The number of nitrogens with zero attached hydrogens (tertiary/aromatic N) is 1. The second-order valence-corrected chi connectivity index (χ2v) is 6.88. The van der Waals surface area contributed by atoms with E-state index in [0.717, 1.165) is 23.4 Å². The first-order valence-electron chi connectivity index (χ1n) is 8.64. The van der Waals surface area contributed by atoms with Crippen LogP contribution in [0.2, 0.25) is 0 Å². The molecule has 0 radical (unpaired) electrons. The second kappa shape index (κ2) is 10.6. The highest BCUT2D eigenvalue weighted by molar-refractivity contribution is 7.09. The number of carbonyl (C=O) groups is 2. The molecule has 0 fully saturated rings. The minimum Gasteiger partial charge on any atom is -0.461 e. The van der Waals surface area contributed by atoms with Crippen molar-refractivity contribution in [2.45, 2.75) is 33.3 Å². The number of hydrogen-bond acceptors (Lipinski definition) is 6. The van der Waals surface area contributed by atoms with E-state index in [4.69, 9.17) is 9.47 Å². The van der Waals surface area contributed by atoms with E-state index in [1.807, 2.05) is 30.3 Å². The van der Waals surface area contributed by atoms with Gasteiger partial charge in [0.05, 0.1) is 11.6 Å². The van der Waals surface area contributed by atoms with Crippen molar-refractivity contribution in [3.8, 4) is 0 Å². The summed E-state index contributed by atoms with van der Waals surface area (Å²) in [5.41, 5.74) is 1.32. The first-order valence-corrected chi connectivity index (χ1v) is 9.52. The number of alkyl carbamates (subject to hydrolysis) is 1. The molecule has 0 bridgehead atoms. The summed E-state index contributed by atoms with van der Waals surface area (Å²) in [4.78, 5) is 27.6. The number of benzene rings is 1. The molecule has 0 aliphatic heterocycles. The van der Waals surface area contributed by atoms with Crippen LogP contribution in [0.25, 0.3) is 0 Å². The van der Waals surface area contributed by atoms with Gasteiger partial charge in [0.15, 0.2) is 5.69 Å². The van der Waals surface area contributed by atoms with Gasteiger partial charge in [-0.1, -0.05) is 37.3 Å². The second-order valence-electron chi connectivity index (χ2n) is 5.93. The van der Waals surface area contributed by atoms with Gasteiger partial charge < -0.3 is 14.8 Å². The Labute approximate surface area is 157 Å². The Kier molecular flexibility index (Phi) is 8.08. The lowest BCUT2D eigenvalue weighted by Gasteiger charge is -2.12. The highest BCUT2D eigenvalue weighted by Gasteiger charge is 2.13. The molecule has 1 aromatic carbocycles. The predicted octanol–water partition coefficient (Wildman–Crippen LogP) is 3.81. The lowest BCUT2D eigenvalue weighted by Crippen LogP contribution is -2.29. The number of aryl methyl sites for hydroxylation is 1. The fraction of sp³-hybridized carbons (Fsp3) is 0.421. The molecule has 26 heavy (non-hydrogen) atoms. The fourth-order valence-electron chi connectivity index (χ4n) is 2.23. The van der Waals surface area contributed by atoms with Crippen LogP contribution in [0.1, 0.15) is 41.3 Å². The van der Waals surface area contributed by atoms with Gasteiger partial charge in [-0.25, -0.2) is 14.6 Å². The summed E-state index contributed by atoms with van der Waals surface area (Å²) in [5, 5.41) is 5.39. The molecule has 1 heterocycles. The molecule has 1 atom stereocenters. The van der Waals surface area contributed by atoms with Crippen LogP contribution in [0.5, 0.6) is 0 Å². The third-order valence-electron chi connectivity index (χ3n) is 3.69. The van der Waals surface area contributed by atoms with Crippen LogP contribution in [0.4, 0.5) is 4.79 Å². The lowest BCUT2D eigenvalue weighted by molar-refractivity contribution is 0.0520. The molecule has 2 rings (SSSR count). The van der Waals surface area contributed by atoms with Crippen LogP contribution in [-0.2, 0) is 22.5 Å². The van der Waals surface area contributed by atoms with Crippen LogP contribution in [0.15, 0.2) is 35.7 Å². The number of aromatic nitrogens is 1. The number of carbonyl (C=O) groups excluding carboxylic acids is 2. The van der Waals surface area contributed by atoms with Gasteiger partial charge in [0.2, 0.25) is 0 Å². The van der Waals surface area contributed by atoms with E-state index in [1.165, 1.54) is 11.3 Å². The van der Waals surface area contributed by atoms with E-state index < -0.39 is 6.09 Å². The Balaban J connectivity index is 1.64. The van der Waals surface area contributed by atoms with E-state index in [2.05, 4.69) is 17.2 Å². The van der Waals surface area contributed by atoms with Crippen molar-refractivity contribution < 1.29 is 19.1 Å². The lowest BCUT2D eigenvalue weighted by atomic mass is 10.1. The summed E-state index contributed by atoms with van der Waals surface area (Å²) < 4.78 is 10.1.